The molecule has 1 spiro atoms. The number of aromatic nitrogens is 1. The lowest BCUT2D eigenvalue weighted by Crippen LogP contribution is -2.47. The number of halogens is 2. The lowest BCUT2D eigenvalue weighted by Gasteiger charge is -2.43. The predicted molar refractivity (Wildman–Crippen MR) is 72.9 cm³/mol. The van der Waals surface area contributed by atoms with Crippen molar-refractivity contribution in [3.63, 3.8) is 0 Å². The first-order chi connectivity index (χ1) is 9.11. The van der Waals surface area contributed by atoms with E-state index in [1.54, 1.807) is 0 Å². The Morgan fingerprint density at radius 2 is 2.21 bits per heavy atom. The van der Waals surface area contributed by atoms with Crippen molar-refractivity contribution in [2.75, 3.05) is 18.0 Å². The molecule has 1 aliphatic carbocycles. The van der Waals surface area contributed by atoms with Gasteiger partial charge < -0.3 is 10.0 Å². The summed E-state index contributed by atoms with van der Waals surface area (Å²) in [5, 5.41) is 10.5. The van der Waals surface area contributed by atoms with Gasteiger partial charge in [0.15, 0.2) is 11.6 Å². The van der Waals surface area contributed by atoms with Crippen molar-refractivity contribution in [2.45, 2.75) is 38.2 Å². The van der Waals surface area contributed by atoms with E-state index in [4.69, 9.17) is 11.6 Å². The van der Waals surface area contributed by atoms with Crippen LogP contribution in [-0.4, -0.2) is 29.3 Å². The van der Waals surface area contributed by atoms with Gasteiger partial charge in [0, 0.05) is 24.7 Å². The highest BCUT2D eigenvalue weighted by atomic mass is 35.5. The molecule has 2 aliphatic rings. The van der Waals surface area contributed by atoms with E-state index in [0.29, 0.717) is 17.4 Å². The predicted octanol–water partition coefficient (Wildman–Crippen LogP) is 3.01. The number of aliphatic hydroxyl groups is 1. The molecule has 1 aliphatic heterocycles. The molecule has 19 heavy (non-hydrogen) atoms. The normalized spacial score (nSPS) is 31.1. The van der Waals surface area contributed by atoms with E-state index >= 15 is 0 Å². The van der Waals surface area contributed by atoms with Crippen LogP contribution in [0.5, 0.6) is 0 Å². The van der Waals surface area contributed by atoms with Crippen molar-refractivity contribution in [1.82, 2.24) is 4.98 Å². The Labute approximate surface area is 117 Å². The minimum atomic E-state index is -0.378. The number of piperidine rings is 1. The minimum Gasteiger partial charge on any atom is -0.392 e. The quantitative estimate of drug-likeness (QED) is 0.861. The molecule has 1 N–H and O–H groups in total. The zero-order valence-corrected chi connectivity index (χ0v) is 11.5. The number of rotatable bonds is 1. The molecule has 1 aromatic heterocycles. The molecule has 2 heterocycles. The van der Waals surface area contributed by atoms with Crippen LogP contribution in [-0.2, 0) is 0 Å². The van der Waals surface area contributed by atoms with E-state index in [2.05, 4.69) is 4.98 Å². The molecule has 0 aromatic carbocycles. The van der Waals surface area contributed by atoms with Crippen molar-refractivity contribution < 1.29 is 9.50 Å². The van der Waals surface area contributed by atoms with Crippen LogP contribution in [0.4, 0.5) is 10.2 Å². The van der Waals surface area contributed by atoms with Crippen LogP contribution in [0.3, 0.4) is 0 Å². The first kappa shape index (κ1) is 13.1. The Balaban J connectivity index is 1.85. The van der Waals surface area contributed by atoms with E-state index in [0.717, 1.165) is 38.6 Å². The number of hydrogen-bond donors (Lipinski definition) is 1. The van der Waals surface area contributed by atoms with Gasteiger partial charge in [-0.1, -0.05) is 18.0 Å². The van der Waals surface area contributed by atoms with Gasteiger partial charge in [-0.25, -0.2) is 9.37 Å². The number of nitrogens with zero attached hydrogens (tertiary/aromatic N) is 2. The third-order valence-corrected chi connectivity index (χ3v) is 4.76. The second-order valence-corrected chi connectivity index (χ2v) is 6.19. The van der Waals surface area contributed by atoms with E-state index in [1.165, 1.54) is 12.3 Å². The summed E-state index contributed by atoms with van der Waals surface area (Å²) < 4.78 is 14.0. The molecule has 104 valence electrons. The fraction of sp³-hybridized carbons (Fsp3) is 0.643. The van der Waals surface area contributed by atoms with Crippen molar-refractivity contribution in [3.8, 4) is 0 Å². The number of pyridine rings is 1. The van der Waals surface area contributed by atoms with Crippen LogP contribution in [0, 0.1) is 11.2 Å². The molecule has 1 saturated carbocycles. The molecule has 0 unspecified atom stereocenters. The second kappa shape index (κ2) is 4.91. The molecule has 0 bridgehead atoms. The SMILES string of the molecule is O[C@@H]1CCC[C@]12CCCN(c1ncc(Cl)cc1F)C2. The molecule has 0 amide bonds. The molecule has 0 radical (unpaired) electrons. The monoisotopic (exact) mass is 284 g/mol. The number of hydrogen-bond acceptors (Lipinski definition) is 3. The topological polar surface area (TPSA) is 36.4 Å². The van der Waals surface area contributed by atoms with Crippen molar-refractivity contribution in [1.29, 1.82) is 0 Å². The third kappa shape index (κ3) is 2.32. The highest BCUT2D eigenvalue weighted by Gasteiger charge is 2.45. The maximum Gasteiger partial charge on any atom is 0.167 e. The van der Waals surface area contributed by atoms with E-state index in [1.807, 2.05) is 4.90 Å². The summed E-state index contributed by atoms with van der Waals surface area (Å²) in [5.74, 6) is -0.0142. The molecule has 1 aromatic rings. The lowest BCUT2D eigenvalue weighted by molar-refractivity contribution is 0.0406. The Morgan fingerprint density at radius 3 is 2.89 bits per heavy atom. The summed E-state index contributed by atoms with van der Waals surface area (Å²) in [4.78, 5) is 6.08. The van der Waals surface area contributed by atoms with Gasteiger partial charge in [-0.15, -0.1) is 0 Å². The van der Waals surface area contributed by atoms with Crippen LogP contribution >= 0.6 is 11.6 Å². The Bertz CT molecular complexity index is 485. The summed E-state index contributed by atoms with van der Waals surface area (Å²) in [6, 6.07) is 1.30. The van der Waals surface area contributed by atoms with Gasteiger partial charge in [0.1, 0.15) is 0 Å². The molecule has 5 heteroatoms. The molecule has 1 saturated heterocycles. The lowest BCUT2D eigenvalue weighted by atomic mass is 9.76. The average molecular weight is 285 g/mol. The Kier molecular flexibility index (Phi) is 3.39. The second-order valence-electron chi connectivity index (χ2n) is 5.75. The van der Waals surface area contributed by atoms with Crippen LogP contribution in [0.25, 0.3) is 0 Å². The van der Waals surface area contributed by atoms with Crippen LogP contribution < -0.4 is 4.90 Å². The summed E-state index contributed by atoms with van der Waals surface area (Å²) in [5.41, 5.74) is -0.0635. The zero-order chi connectivity index (χ0) is 13.5. The maximum atomic E-state index is 14.0. The molecule has 3 nitrogen and oxygen atoms in total. The van der Waals surface area contributed by atoms with Gasteiger partial charge >= 0.3 is 0 Å². The molecule has 3 rings (SSSR count). The largest absolute Gasteiger partial charge is 0.392 e. The summed E-state index contributed by atoms with van der Waals surface area (Å²) in [7, 11) is 0. The van der Waals surface area contributed by atoms with E-state index in [9.17, 15) is 9.50 Å². The van der Waals surface area contributed by atoms with Gasteiger partial charge in [0.2, 0.25) is 0 Å². The van der Waals surface area contributed by atoms with Gasteiger partial charge in [0.05, 0.1) is 11.1 Å². The Morgan fingerprint density at radius 1 is 1.42 bits per heavy atom. The number of aliphatic hydroxyl groups excluding tert-OH is 1. The summed E-state index contributed by atoms with van der Waals surface area (Å²) in [6.07, 6.45) is 6.17. The molecular formula is C14H18ClFN2O. The van der Waals surface area contributed by atoms with Gasteiger partial charge in [-0.05, 0) is 31.7 Å². The smallest absolute Gasteiger partial charge is 0.167 e. The molecule has 2 fully saturated rings. The standard InChI is InChI=1S/C14H18ClFN2O/c15-10-7-11(16)13(17-8-10)18-6-2-5-14(9-18)4-1-3-12(14)19/h7-8,12,19H,1-6,9H2/t12-,14-/m1/s1. The van der Waals surface area contributed by atoms with E-state index in [-0.39, 0.29) is 17.3 Å². The molecular weight excluding hydrogens is 267 g/mol. The van der Waals surface area contributed by atoms with Gasteiger partial charge in [0.25, 0.3) is 0 Å². The average Bonchev–Trinajstić information content (AvgIpc) is 2.70. The maximum absolute atomic E-state index is 14.0. The first-order valence-electron chi connectivity index (χ1n) is 6.85. The fourth-order valence-electron chi connectivity index (χ4n) is 3.58. The van der Waals surface area contributed by atoms with Crippen molar-refractivity contribution >= 4 is 17.4 Å². The van der Waals surface area contributed by atoms with Crippen LogP contribution in [0.15, 0.2) is 12.3 Å². The highest BCUT2D eigenvalue weighted by molar-refractivity contribution is 6.30. The zero-order valence-electron chi connectivity index (χ0n) is 10.8. The van der Waals surface area contributed by atoms with Crippen LogP contribution in [0.1, 0.15) is 32.1 Å². The molecule has 2 atom stereocenters. The van der Waals surface area contributed by atoms with Crippen molar-refractivity contribution in [2.24, 2.45) is 5.41 Å². The van der Waals surface area contributed by atoms with Gasteiger partial charge in [-0.2, -0.15) is 0 Å². The highest BCUT2D eigenvalue weighted by Crippen LogP contribution is 2.45. The summed E-state index contributed by atoms with van der Waals surface area (Å²) in [6.45, 7) is 1.49. The fourth-order valence-corrected chi connectivity index (χ4v) is 3.72. The Hall–Kier alpha value is -0.870. The number of anilines is 1. The van der Waals surface area contributed by atoms with Gasteiger partial charge in [-0.3, -0.25) is 0 Å². The van der Waals surface area contributed by atoms with Crippen LogP contribution in [0.2, 0.25) is 5.02 Å². The first-order valence-corrected chi connectivity index (χ1v) is 7.23. The third-order valence-electron chi connectivity index (χ3n) is 4.56. The summed E-state index contributed by atoms with van der Waals surface area (Å²) >= 11 is 5.74. The minimum absolute atomic E-state index is 0.0635. The van der Waals surface area contributed by atoms with Crippen molar-refractivity contribution in [3.05, 3.63) is 23.1 Å². The van der Waals surface area contributed by atoms with E-state index < -0.39 is 0 Å².